The predicted octanol–water partition coefficient (Wildman–Crippen LogP) is 3.29. The number of benzene rings is 2. The lowest BCUT2D eigenvalue weighted by molar-refractivity contribution is -0.141. The lowest BCUT2D eigenvalue weighted by Crippen LogP contribution is -2.51. The summed E-state index contributed by atoms with van der Waals surface area (Å²) in [5.74, 6) is -0.162. The number of anilines is 2. The third-order valence-corrected chi connectivity index (χ3v) is 9.42. The average molecular weight is 604 g/mol. The Bertz CT molecular complexity index is 1370. The van der Waals surface area contributed by atoms with Crippen LogP contribution in [0.3, 0.4) is 0 Å². The Morgan fingerprint density at radius 2 is 1.57 bits per heavy atom. The number of carbonyl (C=O) groups excluding carboxylic acids is 3. The number of fused-ring (bicyclic) bond motifs is 1. The molecule has 44 heavy (non-hydrogen) atoms. The van der Waals surface area contributed by atoms with E-state index in [0.717, 1.165) is 81.2 Å². The van der Waals surface area contributed by atoms with Crippen LogP contribution in [0.15, 0.2) is 42.5 Å². The molecule has 0 bridgehead atoms. The van der Waals surface area contributed by atoms with Crippen molar-refractivity contribution in [2.75, 3.05) is 55.6 Å². The van der Waals surface area contributed by atoms with Crippen LogP contribution in [-0.2, 0) is 20.9 Å². The molecule has 0 radical (unpaired) electrons. The Balaban J connectivity index is 0.959. The highest BCUT2D eigenvalue weighted by molar-refractivity contribution is 6.00. The molecule has 0 saturated carbocycles. The summed E-state index contributed by atoms with van der Waals surface area (Å²) in [4.78, 5) is 45.6. The van der Waals surface area contributed by atoms with Gasteiger partial charge in [-0.3, -0.25) is 24.7 Å². The van der Waals surface area contributed by atoms with Crippen LogP contribution in [0.5, 0.6) is 0 Å². The topological polar surface area (TPSA) is 106 Å². The molecule has 2 aromatic carbocycles. The molecule has 4 heterocycles. The monoisotopic (exact) mass is 603 g/mol. The first-order chi connectivity index (χ1) is 21.0. The Hall–Kier alpha value is -3.47. The maximum atomic E-state index is 12.4. The van der Waals surface area contributed by atoms with Crippen LogP contribution in [0.1, 0.15) is 74.2 Å². The number of aliphatic hydroxyl groups is 1. The number of rotatable bonds is 6. The molecule has 6 rings (SSSR count). The highest BCUT2D eigenvalue weighted by Gasteiger charge is 2.40. The van der Waals surface area contributed by atoms with Gasteiger partial charge in [0.2, 0.25) is 11.8 Å². The molecule has 2 atom stereocenters. The van der Waals surface area contributed by atoms with Crippen LogP contribution in [0, 0.1) is 5.92 Å². The van der Waals surface area contributed by atoms with Gasteiger partial charge in [0, 0.05) is 75.7 Å². The van der Waals surface area contributed by atoms with E-state index in [9.17, 15) is 19.5 Å². The van der Waals surface area contributed by atoms with Crippen LogP contribution in [-0.4, -0.2) is 90.1 Å². The summed E-state index contributed by atoms with van der Waals surface area (Å²) in [6.07, 6.45) is 2.22. The molecule has 2 unspecified atom stereocenters. The zero-order chi connectivity index (χ0) is 31.0. The van der Waals surface area contributed by atoms with E-state index < -0.39 is 17.9 Å². The molecular weight excluding hydrogens is 558 g/mol. The maximum Gasteiger partial charge on any atom is 0.338 e. The molecule has 0 spiro atoms. The first-order valence-electron chi connectivity index (χ1n) is 16.0. The first kappa shape index (κ1) is 30.6. The zero-order valence-corrected chi connectivity index (χ0v) is 26.1. The number of piperazine rings is 1. The minimum absolute atomic E-state index is 0.243. The molecule has 0 aliphatic carbocycles. The van der Waals surface area contributed by atoms with E-state index in [2.05, 4.69) is 32.1 Å². The average Bonchev–Trinajstić information content (AvgIpc) is 3.32. The highest BCUT2D eigenvalue weighted by atomic mass is 16.6. The first-order valence-corrected chi connectivity index (χ1v) is 16.0. The van der Waals surface area contributed by atoms with Gasteiger partial charge in [-0.1, -0.05) is 6.07 Å². The van der Waals surface area contributed by atoms with Crippen molar-refractivity contribution in [3.8, 4) is 0 Å². The molecule has 3 fully saturated rings. The number of carbonyl (C=O) groups is 3. The van der Waals surface area contributed by atoms with Crippen molar-refractivity contribution in [1.82, 2.24) is 15.1 Å². The van der Waals surface area contributed by atoms with Gasteiger partial charge in [0.25, 0.3) is 0 Å². The third-order valence-electron chi connectivity index (χ3n) is 9.42. The number of piperidine rings is 2. The molecule has 4 aliphatic rings. The summed E-state index contributed by atoms with van der Waals surface area (Å²) >= 11 is 0. The Morgan fingerprint density at radius 3 is 2.23 bits per heavy atom. The second kappa shape index (κ2) is 12.5. The summed E-state index contributed by atoms with van der Waals surface area (Å²) in [6.45, 7) is 13.3. The van der Waals surface area contributed by atoms with E-state index in [1.165, 1.54) is 0 Å². The van der Waals surface area contributed by atoms with Gasteiger partial charge in [-0.05, 0) is 87.9 Å². The summed E-state index contributed by atoms with van der Waals surface area (Å²) in [6, 6.07) is 13.6. The van der Waals surface area contributed by atoms with Crippen molar-refractivity contribution in [3.63, 3.8) is 0 Å². The van der Waals surface area contributed by atoms with Crippen molar-refractivity contribution in [2.24, 2.45) is 5.92 Å². The van der Waals surface area contributed by atoms with E-state index >= 15 is 0 Å². The second-order valence-corrected chi connectivity index (χ2v) is 13.7. The fourth-order valence-corrected chi connectivity index (χ4v) is 6.99. The number of esters is 1. The van der Waals surface area contributed by atoms with Gasteiger partial charge in [-0.25, -0.2) is 4.79 Å². The van der Waals surface area contributed by atoms with Crippen molar-refractivity contribution < 1.29 is 24.2 Å². The van der Waals surface area contributed by atoms with E-state index in [1.54, 1.807) is 4.90 Å². The molecule has 4 aliphatic heterocycles. The fourth-order valence-electron chi connectivity index (χ4n) is 6.99. The normalized spacial score (nSPS) is 23.9. The fraction of sp³-hybridized carbons (Fsp3) is 0.559. The molecule has 10 nitrogen and oxygen atoms in total. The van der Waals surface area contributed by atoms with Gasteiger partial charge in [0.1, 0.15) is 11.8 Å². The van der Waals surface area contributed by atoms with Crippen LogP contribution in [0.4, 0.5) is 11.4 Å². The second-order valence-electron chi connectivity index (χ2n) is 13.7. The largest absolute Gasteiger partial charge is 0.456 e. The Morgan fingerprint density at radius 1 is 0.909 bits per heavy atom. The SMILES string of the molecule is CC(C)(C)OC(=O)c1ccc(N2CCC(CN3CCN(c4ccc5c(c4)CN(C4CCC(=O)NC4=O)C5O)CC3)CC2)cc1. The molecule has 3 saturated heterocycles. The third kappa shape index (κ3) is 6.77. The number of hydrogen-bond acceptors (Lipinski definition) is 9. The molecule has 2 amide bonds. The molecule has 0 aromatic heterocycles. The smallest absolute Gasteiger partial charge is 0.338 e. The van der Waals surface area contributed by atoms with Crippen molar-refractivity contribution in [3.05, 3.63) is 59.2 Å². The molecule has 2 aromatic rings. The number of nitrogens with zero attached hydrogens (tertiary/aromatic N) is 4. The van der Waals surface area contributed by atoms with Gasteiger partial charge in [0.15, 0.2) is 0 Å². The number of amides is 2. The van der Waals surface area contributed by atoms with Crippen molar-refractivity contribution in [2.45, 2.75) is 70.9 Å². The number of ether oxygens (including phenoxy) is 1. The van der Waals surface area contributed by atoms with Crippen molar-refractivity contribution in [1.29, 1.82) is 0 Å². The van der Waals surface area contributed by atoms with Crippen molar-refractivity contribution >= 4 is 29.2 Å². The highest BCUT2D eigenvalue weighted by Crippen LogP contribution is 2.37. The number of aliphatic hydroxyl groups excluding tert-OH is 1. The van der Waals surface area contributed by atoms with Gasteiger partial charge < -0.3 is 19.6 Å². The Labute approximate surface area is 259 Å². The van der Waals surface area contributed by atoms with Crippen LogP contribution in [0.25, 0.3) is 0 Å². The number of nitrogens with one attached hydrogen (secondary N) is 1. The lowest BCUT2D eigenvalue weighted by Gasteiger charge is -2.40. The van der Waals surface area contributed by atoms with Gasteiger partial charge >= 0.3 is 5.97 Å². The number of hydrogen-bond donors (Lipinski definition) is 2. The molecule has 2 N–H and O–H groups in total. The van der Waals surface area contributed by atoms with E-state index in [-0.39, 0.29) is 17.8 Å². The zero-order valence-electron chi connectivity index (χ0n) is 26.1. The predicted molar refractivity (Wildman–Crippen MR) is 168 cm³/mol. The lowest BCUT2D eigenvalue weighted by atomic mass is 9.95. The van der Waals surface area contributed by atoms with E-state index in [0.29, 0.717) is 30.9 Å². The quantitative estimate of drug-likeness (QED) is 0.380. The van der Waals surface area contributed by atoms with Crippen LogP contribution >= 0.6 is 0 Å². The maximum absolute atomic E-state index is 12.4. The van der Waals surface area contributed by atoms with E-state index in [1.807, 2.05) is 51.1 Å². The summed E-state index contributed by atoms with van der Waals surface area (Å²) in [5, 5.41) is 13.3. The van der Waals surface area contributed by atoms with Crippen LogP contribution in [0.2, 0.25) is 0 Å². The standard InChI is InChI=1S/C34H45N5O5/c1-34(2,3)44-33(43)24-4-6-26(7-5-24)37-14-12-23(13-15-37)21-36-16-18-38(19-17-36)27-8-9-28-25(20-27)22-39(32(28)42)29-10-11-30(40)35-31(29)41/h4-9,20,23,29,32,42H,10-19,21-22H2,1-3H3,(H,35,40,41). The summed E-state index contributed by atoms with van der Waals surface area (Å²) in [7, 11) is 0. The minimum Gasteiger partial charge on any atom is -0.456 e. The van der Waals surface area contributed by atoms with Gasteiger partial charge in [-0.2, -0.15) is 0 Å². The molecular formula is C34H45N5O5. The Kier molecular flexibility index (Phi) is 8.68. The van der Waals surface area contributed by atoms with Gasteiger partial charge in [0.05, 0.1) is 11.6 Å². The van der Waals surface area contributed by atoms with Crippen LogP contribution < -0.4 is 15.1 Å². The molecule has 10 heteroatoms. The summed E-state index contributed by atoms with van der Waals surface area (Å²) in [5.41, 5.74) is 4.30. The number of imide groups is 1. The van der Waals surface area contributed by atoms with Gasteiger partial charge in [-0.15, -0.1) is 0 Å². The van der Waals surface area contributed by atoms with E-state index in [4.69, 9.17) is 4.74 Å². The molecule has 236 valence electrons. The minimum atomic E-state index is -0.831. The summed E-state index contributed by atoms with van der Waals surface area (Å²) < 4.78 is 5.49.